The Hall–Kier alpha value is -2.53. The Balaban J connectivity index is 2.22. The molecule has 0 amide bonds. The fraction of sp³-hybridized carbons (Fsp3) is 0.133. The molecule has 0 spiro atoms. The van der Waals surface area contributed by atoms with Crippen LogP contribution < -0.4 is 27.8 Å². The number of benzene rings is 2. The summed E-state index contributed by atoms with van der Waals surface area (Å²) in [5.74, 6) is 0.610. The lowest BCUT2D eigenvalue weighted by Crippen LogP contribution is -2.47. The molecular weight excluding hydrogens is 250 g/mol. The Morgan fingerprint density at radius 3 is 2.50 bits per heavy atom. The van der Waals surface area contributed by atoms with Crippen LogP contribution in [0.25, 0.3) is 5.82 Å². The van der Waals surface area contributed by atoms with E-state index in [0.717, 1.165) is 16.1 Å². The van der Waals surface area contributed by atoms with Gasteiger partial charge in [0.05, 0.1) is 12.0 Å². The average Bonchev–Trinajstić information content (AvgIpc) is 2.48. The smallest absolute Gasteiger partial charge is 0.149 e. The van der Waals surface area contributed by atoms with E-state index in [4.69, 9.17) is 22.2 Å². The molecule has 0 aromatic heterocycles. The summed E-state index contributed by atoms with van der Waals surface area (Å²) in [5.41, 5.74) is 19.6. The van der Waals surface area contributed by atoms with Crippen molar-refractivity contribution >= 4 is 11.5 Å². The average molecular weight is 267 g/mol. The fourth-order valence-electron chi connectivity index (χ4n) is 2.44. The first-order chi connectivity index (χ1) is 9.70. The third kappa shape index (κ3) is 1.98. The van der Waals surface area contributed by atoms with Gasteiger partial charge in [-0.05, 0) is 23.8 Å². The first-order valence-corrected chi connectivity index (χ1v) is 6.45. The van der Waals surface area contributed by atoms with Crippen molar-refractivity contribution < 1.29 is 0 Å². The van der Waals surface area contributed by atoms with Crippen LogP contribution in [0.2, 0.25) is 0 Å². The molecule has 2 aromatic carbocycles. The number of hydrogen-bond acceptors (Lipinski definition) is 5. The molecule has 20 heavy (non-hydrogen) atoms. The summed E-state index contributed by atoms with van der Waals surface area (Å²) in [7, 11) is 0. The van der Waals surface area contributed by atoms with Crippen molar-refractivity contribution in [3.05, 3.63) is 64.7 Å². The molecule has 2 aromatic rings. The monoisotopic (exact) mass is 267 g/mol. The van der Waals surface area contributed by atoms with Crippen LogP contribution in [0.1, 0.15) is 11.7 Å². The first-order valence-electron chi connectivity index (χ1n) is 6.45. The van der Waals surface area contributed by atoms with E-state index < -0.39 is 0 Å². The minimum Gasteiger partial charge on any atom is -0.399 e. The van der Waals surface area contributed by atoms with Gasteiger partial charge in [0.2, 0.25) is 0 Å². The number of hydrogen-bond donors (Lipinski definition) is 3. The summed E-state index contributed by atoms with van der Waals surface area (Å²) in [6.45, 7) is 0.295. The molecule has 1 aliphatic rings. The molecule has 0 saturated heterocycles. The Kier molecular flexibility index (Phi) is 3.04. The maximum Gasteiger partial charge on any atom is 0.149 e. The van der Waals surface area contributed by atoms with Gasteiger partial charge in [0.25, 0.3) is 0 Å². The third-order valence-corrected chi connectivity index (χ3v) is 3.46. The molecule has 1 atom stereocenters. The van der Waals surface area contributed by atoms with Crippen molar-refractivity contribution in [1.82, 2.24) is 4.90 Å². The SMILES string of the molecule is NCN1C(N)=c2cc(N)ccc2=NC1c1ccccc1. The highest BCUT2D eigenvalue weighted by atomic mass is 15.3. The van der Waals surface area contributed by atoms with E-state index in [-0.39, 0.29) is 6.17 Å². The van der Waals surface area contributed by atoms with E-state index in [9.17, 15) is 0 Å². The number of nitrogens with two attached hydrogens (primary N) is 3. The Morgan fingerprint density at radius 1 is 1.05 bits per heavy atom. The zero-order valence-corrected chi connectivity index (χ0v) is 11.0. The molecule has 3 rings (SSSR count). The summed E-state index contributed by atoms with van der Waals surface area (Å²) in [4.78, 5) is 6.62. The molecule has 6 N–H and O–H groups in total. The van der Waals surface area contributed by atoms with Gasteiger partial charge in [-0.2, -0.15) is 0 Å². The Bertz CT molecular complexity index is 739. The Labute approximate surface area is 117 Å². The summed E-state index contributed by atoms with van der Waals surface area (Å²) in [6, 6.07) is 15.5. The van der Waals surface area contributed by atoms with Crippen molar-refractivity contribution in [2.24, 2.45) is 16.5 Å². The molecule has 1 aliphatic heterocycles. The highest BCUT2D eigenvalue weighted by Gasteiger charge is 2.22. The minimum absolute atomic E-state index is 0.197. The zero-order valence-electron chi connectivity index (χ0n) is 11.0. The van der Waals surface area contributed by atoms with Gasteiger partial charge in [-0.25, -0.2) is 0 Å². The van der Waals surface area contributed by atoms with Gasteiger partial charge in [0.1, 0.15) is 12.0 Å². The highest BCUT2D eigenvalue weighted by Crippen LogP contribution is 2.24. The van der Waals surface area contributed by atoms with Crippen LogP contribution in [0.4, 0.5) is 5.69 Å². The standard InChI is InChI=1S/C15H17N5/c16-9-20-14(18)12-8-11(17)6-7-13(12)19-15(20)10-4-2-1-3-5-10/h1-8,15H,9,16-18H2. The molecule has 5 nitrogen and oxygen atoms in total. The molecule has 1 heterocycles. The summed E-state index contributed by atoms with van der Waals surface area (Å²) < 4.78 is 0. The first kappa shape index (κ1) is 12.5. The van der Waals surface area contributed by atoms with Gasteiger partial charge in [-0.3, -0.25) is 4.99 Å². The van der Waals surface area contributed by atoms with E-state index >= 15 is 0 Å². The van der Waals surface area contributed by atoms with Crippen molar-refractivity contribution in [1.29, 1.82) is 0 Å². The third-order valence-electron chi connectivity index (χ3n) is 3.46. The predicted molar refractivity (Wildman–Crippen MR) is 79.3 cm³/mol. The second-order valence-electron chi connectivity index (χ2n) is 4.73. The molecule has 102 valence electrons. The maximum absolute atomic E-state index is 6.24. The Morgan fingerprint density at radius 2 is 1.80 bits per heavy atom. The van der Waals surface area contributed by atoms with Crippen molar-refractivity contribution in [3.63, 3.8) is 0 Å². The normalized spacial score (nSPS) is 17.6. The molecule has 1 unspecified atom stereocenters. The lowest BCUT2D eigenvalue weighted by atomic mass is 10.1. The van der Waals surface area contributed by atoms with Crippen LogP contribution in [-0.2, 0) is 0 Å². The second kappa shape index (κ2) is 4.86. The molecule has 0 fully saturated rings. The van der Waals surface area contributed by atoms with E-state index in [1.54, 1.807) is 0 Å². The van der Waals surface area contributed by atoms with Crippen LogP contribution in [0, 0.1) is 0 Å². The predicted octanol–water partition coefficient (Wildman–Crippen LogP) is -0.157. The van der Waals surface area contributed by atoms with Crippen molar-refractivity contribution in [2.75, 3.05) is 12.4 Å². The molecule has 0 radical (unpaired) electrons. The van der Waals surface area contributed by atoms with E-state index in [1.807, 2.05) is 53.4 Å². The fourth-order valence-corrected chi connectivity index (χ4v) is 2.44. The van der Waals surface area contributed by atoms with Gasteiger partial charge in [0, 0.05) is 10.9 Å². The lowest BCUT2D eigenvalue weighted by Gasteiger charge is -2.32. The number of fused-ring (bicyclic) bond motifs is 1. The van der Waals surface area contributed by atoms with Gasteiger partial charge in [-0.15, -0.1) is 0 Å². The highest BCUT2D eigenvalue weighted by molar-refractivity contribution is 5.47. The summed E-state index contributed by atoms with van der Waals surface area (Å²) in [6.07, 6.45) is -0.197. The van der Waals surface area contributed by atoms with Crippen molar-refractivity contribution in [2.45, 2.75) is 6.17 Å². The second-order valence-corrected chi connectivity index (χ2v) is 4.73. The van der Waals surface area contributed by atoms with Gasteiger partial charge in [0.15, 0.2) is 0 Å². The molecule has 0 aliphatic carbocycles. The summed E-state index contributed by atoms with van der Waals surface area (Å²) in [5, 5.41) is 1.68. The number of nitrogen functional groups attached to an aromatic ring is 1. The topological polar surface area (TPSA) is 93.7 Å². The zero-order chi connectivity index (χ0) is 14.1. The van der Waals surface area contributed by atoms with Gasteiger partial charge in [-0.1, -0.05) is 30.3 Å². The van der Waals surface area contributed by atoms with Crippen LogP contribution >= 0.6 is 0 Å². The van der Waals surface area contributed by atoms with E-state index in [2.05, 4.69) is 0 Å². The van der Waals surface area contributed by atoms with Gasteiger partial charge >= 0.3 is 0 Å². The van der Waals surface area contributed by atoms with Crippen LogP contribution in [0.15, 0.2) is 53.5 Å². The van der Waals surface area contributed by atoms with Crippen molar-refractivity contribution in [3.8, 4) is 0 Å². The lowest BCUT2D eigenvalue weighted by molar-refractivity contribution is 0.295. The molecule has 5 heteroatoms. The van der Waals surface area contributed by atoms with Crippen LogP contribution in [0.5, 0.6) is 0 Å². The van der Waals surface area contributed by atoms with E-state index in [0.29, 0.717) is 18.2 Å². The molecule has 0 bridgehead atoms. The molecule has 0 saturated carbocycles. The number of rotatable bonds is 2. The van der Waals surface area contributed by atoms with E-state index in [1.165, 1.54) is 0 Å². The minimum atomic E-state index is -0.197. The quantitative estimate of drug-likeness (QED) is 0.659. The van der Waals surface area contributed by atoms with Gasteiger partial charge < -0.3 is 22.1 Å². The van der Waals surface area contributed by atoms with Crippen LogP contribution in [-0.4, -0.2) is 11.6 Å². The van der Waals surface area contributed by atoms with Crippen LogP contribution in [0.3, 0.4) is 0 Å². The summed E-state index contributed by atoms with van der Waals surface area (Å²) >= 11 is 0. The molecular formula is C15H17N5. The number of anilines is 1. The maximum atomic E-state index is 6.24. The largest absolute Gasteiger partial charge is 0.399 e. The number of nitrogens with zero attached hydrogens (tertiary/aromatic N) is 2.